The normalized spacial score (nSPS) is 13.2. The molecule has 0 aliphatic carbocycles. The number of hydrogen-bond donors (Lipinski definition) is 1. The van der Waals surface area contributed by atoms with E-state index in [1.54, 1.807) is 4.90 Å². The Balaban J connectivity index is 2.12. The first-order valence-electron chi connectivity index (χ1n) is 5.01. The van der Waals surface area contributed by atoms with Gasteiger partial charge in [0.25, 0.3) is 9.48 Å². The molecule has 100 valence electrons. The second-order valence-electron chi connectivity index (χ2n) is 3.58. The molecule has 0 saturated heterocycles. The summed E-state index contributed by atoms with van der Waals surface area (Å²) in [5.41, 5.74) is 0.938. The zero-order valence-electron chi connectivity index (χ0n) is 9.07. The first-order valence-corrected chi connectivity index (χ1v) is 10.1. The van der Waals surface area contributed by atoms with Crippen molar-refractivity contribution in [3.8, 4) is 0 Å². The number of carboxylic acids is 1. The van der Waals surface area contributed by atoms with E-state index in [-0.39, 0.29) is 22.5 Å². The molecule has 0 spiro atoms. The molecular formula is C9H5NO4S5. The van der Waals surface area contributed by atoms with Crippen molar-refractivity contribution in [1.82, 2.24) is 0 Å². The average Bonchev–Trinajstić information content (AvgIpc) is 2.91. The Morgan fingerprint density at radius 1 is 1.00 bits per heavy atom. The molecule has 2 aromatic rings. The molecule has 0 radical (unpaired) electrons. The largest absolute Gasteiger partial charge is 0.481 e. The maximum absolute atomic E-state index is 11.9. The summed E-state index contributed by atoms with van der Waals surface area (Å²) in [5.74, 6) is -0.945. The first-order chi connectivity index (χ1) is 9.08. The number of fused-ring (bicyclic) bond motifs is 2. The van der Waals surface area contributed by atoms with Crippen LogP contribution in [0.1, 0.15) is 6.42 Å². The molecular weight excluding hydrogens is 346 g/mol. The lowest BCUT2D eigenvalue weighted by molar-refractivity contribution is -0.136. The van der Waals surface area contributed by atoms with E-state index in [4.69, 9.17) is 5.11 Å². The van der Waals surface area contributed by atoms with Gasteiger partial charge >= 0.3 is 5.97 Å². The quantitative estimate of drug-likeness (QED) is 0.857. The fourth-order valence-electron chi connectivity index (χ4n) is 1.67. The maximum atomic E-state index is 11.9. The van der Waals surface area contributed by atoms with Crippen LogP contribution >= 0.6 is 53.1 Å². The molecule has 3 rings (SSSR count). The molecule has 10 heteroatoms. The van der Waals surface area contributed by atoms with Gasteiger partial charge in [-0.25, -0.2) is 0 Å². The van der Waals surface area contributed by atoms with Gasteiger partial charge in [-0.1, -0.05) is 32.4 Å². The standard InChI is InChI=1S/C9H5NO4S5/c11-3(12)1-2-10-4-6(13)16-18-8(4)15-9-5(10)7(14)17-19-9/h1-2H2,(H,11,12). The predicted molar refractivity (Wildman–Crippen MR) is 80.3 cm³/mol. The third kappa shape index (κ3) is 2.27. The Hall–Kier alpha value is -0.680. The highest BCUT2D eigenvalue weighted by Crippen LogP contribution is 2.51. The summed E-state index contributed by atoms with van der Waals surface area (Å²) in [6.45, 7) is 0.146. The summed E-state index contributed by atoms with van der Waals surface area (Å²) in [6, 6.07) is 0. The molecule has 0 atom stereocenters. The van der Waals surface area contributed by atoms with Gasteiger partial charge in [-0.3, -0.25) is 14.4 Å². The van der Waals surface area contributed by atoms with Crippen molar-refractivity contribution in [2.24, 2.45) is 0 Å². The minimum absolute atomic E-state index is 0.108. The van der Waals surface area contributed by atoms with Crippen LogP contribution in [0.4, 0.5) is 11.4 Å². The Kier molecular flexibility index (Phi) is 3.52. The highest BCUT2D eigenvalue weighted by Gasteiger charge is 2.32. The van der Waals surface area contributed by atoms with E-state index >= 15 is 0 Å². The number of aliphatic carboxylic acids is 1. The van der Waals surface area contributed by atoms with E-state index in [9.17, 15) is 14.4 Å². The first kappa shape index (κ1) is 13.3. The molecule has 1 N–H and O–H groups in total. The minimum Gasteiger partial charge on any atom is -0.481 e. The van der Waals surface area contributed by atoms with Crippen LogP contribution in [0.2, 0.25) is 0 Å². The van der Waals surface area contributed by atoms with Gasteiger partial charge in [-0.15, -0.1) is 0 Å². The van der Waals surface area contributed by atoms with Crippen molar-refractivity contribution < 1.29 is 9.90 Å². The van der Waals surface area contributed by atoms with Gasteiger partial charge in [0.2, 0.25) is 0 Å². The number of anilines is 2. The Bertz CT molecular complexity index is 699. The van der Waals surface area contributed by atoms with E-state index < -0.39 is 5.97 Å². The second kappa shape index (κ2) is 5.02. The number of hydrogen-bond acceptors (Lipinski definition) is 9. The van der Waals surface area contributed by atoms with Crippen molar-refractivity contribution in [2.45, 2.75) is 14.8 Å². The highest BCUT2D eigenvalue weighted by molar-refractivity contribution is 8.06. The highest BCUT2D eigenvalue weighted by atomic mass is 32.9. The molecule has 0 saturated carbocycles. The average molecular weight is 351 g/mol. The van der Waals surface area contributed by atoms with Crippen LogP contribution in [0.25, 0.3) is 0 Å². The van der Waals surface area contributed by atoms with E-state index in [2.05, 4.69) is 0 Å². The fraction of sp³-hybridized carbons (Fsp3) is 0.222. The van der Waals surface area contributed by atoms with Crippen molar-refractivity contribution in [3.05, 3.63) is 19.1 Å². The molecule has 0 fully saturated rings. The summed E-state index contributed by atoms with van der Waals surface area (Å²) in [6.07, 6.45) is -0.108. The van der Waals surface area contributed by atoms with Crippen LogP contribution < -0.4 is 14.4 Å². The number of nitrogens with zero attached hydrogens (tertiary/aromatic N) is 1. The molecule has 5 nitrogen and oxygen atoms in total. The molecule has 0 bridgehead atoms. The van der Waals surface area contributed by atoms with Crippen molar-refractivity contribution in [2.75, 3.05) is 11.4 Å². The fourth-order valence-corrected chi connectivity index (χ4v) is 8.16. The SMILES string of the molecule is O=C(O)CCN1c2c(ssc2=O)Sc2ssc(=O)c21. The third-order valence-electron chi connectivity index (χ3n) is 2.43. The van der Waals surface area contributed by atoms with Crippen LogP contribution in [-0.4, -0.2) is 17.6 Å². The van der Waals surface area contributed by atoms with Crippen molar-refractivity contribution in [3.63, 3.8) is 0 Å². The number of carbonyl (C=O) groups is 1. The smallest absolute Gasteiger partial charge is 0.305 e. The van der Waals surface area contributed by atoms with Crippen LogP contribution in [0.3, 0.4) is 0 Å². The second-order valence-corrected chi connectivity index (χ2v) is 9.34. The lowest BCUT2D eigenvalue weighted by Crippen LogP contribution is -2.29. The molecule has 0 aromatic carbocycles. The zero-order valence-corrected chi connectivity index (χ0v) is 13.2. The van der Waals surface area contributed by atoms with Crippen molar-refractivity contribution >= 4 is 70.5 Å². The van der Waals surface area contributed by atoms with Crippen LogP contribution in [0, 0.1) is 0 Å². The Labute approximate surface area is 125 Å². The maximum Gasteiger partial charge on any atom is 0.305 e. The Morgan fingerprint density at radius 3 is 2.00 bits per heavy atom. The molecule has 19 heavy (non-hydrogen) atoms. The molecule has 2 aromatic heterocycles. The molecule has 0 unspecified atom stereocenters. The summed E-state index contributed by atoms with van der Waals surface area (Å²) in [5, 5.41) is 8.80. The summed E-state index contributed by atoms with van der Waals surface area (Å²) >= 11 is 1.43. The molecule has 1 aliphatic heterocycles. The van der Waals surface area contributed by atoms with Gasteiger partial charge in [0, 0.05) is 6.54 Å². The summed E-state index contributed by atoms with van der Waals surface area (Å²) in [7, 11) is 4.99. The van der Waals surface area contributed by atoms with Gasteiger partial charge in [0.1, 0.15) is 19.8 Å². The van der Waals surface area contributed by atoms with E-state index in [1.165, 1.54) is 32.4 Å². The van der Waals surface area contributed by atoms with Gasteiger partial charge < -0.3 is 10.0 Å². The van der Waals surface area contributed by atoms with E-state index in [0.717, 1.165) is 29.1 Å². The minimum atomic E-state index is -0.945. The van der Waals surface area contributed by atoms with Gasteiger partial charge in [0.05, 0.1) is 6.42 Å². The summed E-state index contributed by atoms with van der Waals surface area (Å²) < 4.78 is 1.47. The lowest BCUT2D eigenvalue weighted by Gasteiger charge is -2.25. The van der Waals surface area contributed by atoms with Crippen LogP contribution in [-0.2, 0) is 4.79 Å². The molecule has 0 amide bonds. The third-order valence-corrected chi connectivity index (χ3v) is 8.78. The van der Waals surface area contributed by atoms with Gasteiger partial charge in [-0.2, -0.15) is 0 Å². The van der Waals surface area contributed by atoms with Gasteiger partial charge in [0.15, 0.2) is 0 Å². The van der Waals surface area contributed by atoms with Crippen molar-refractivity contribution in [1.29, 1.82) is 0 Å². The Morgan fingerprint density at radius 2 is 1.53 bits per heavy atom. The van der Waals surface area contributed by atoms with E-state index in [1.807, 2.05) is 0 Å². The zero-order chi connectivity index (χ0) is 13.6. The van der Waals surface area contributed by atoms with Crippen LogP contribution in [0.5, 0.6) is 0 Å². The molecule has 3 heterocycles. The monoisotopic (exact) mass is 351 g/mol. The van der Waals surface area contributed by atoms with Gasteiger partial charge in [-0.05, 0) is 20.7 Å². The van der Waals surface area contributed by atoms with Crippen LogP contribution in [0.15, 0.2) is 18.0 Å². The molecule has 1 aliphatic rings. The predicted octanol–water partition coefficient (Wildman–Crippen LogP) is 2.73. The number of carboxylic acid groups (broad SMARTS) is 1. The lowest BCUT2D eigenvalue weighted by atomic mass is 10.3. The van der Waals surface area contributed by atoms with E-state index in [0.29, 0.717) is 11.4 Å². The topological polar surface area (TPSA) is 74.7 Å². The summed E-state index contributed by atoms with van der Waals surface area (Å²) in [4.78, 5) is 36.1. The number of rotatable bonds is 3.